The van der Waals surface area contributed by atoms with E-state index in [0.717, 1.165) is 12.8 Å². The molecule has 12 nitrogen and oxygen atoms in total. The first-order valence-electron chi connectivity index (χ1n) is 13.8. The molecule has 3 aliphatic heterocycles. The van der Waals surface area contributed by atoms with Crippen molar-refractivity contribution in [3.05, 3.63) is 0 Å². The SMILES string of the molecule is CCCC[C@@H](O[C@@H]1OC(CO)[C@H](O)C2O[C@@H](C(C)=O)CCCOC21)[C@@H](CC)O[C@@H]1OC(C)[C@@H](O)C(O)[C@@H]1O. The van der Waals surface area contributed by atoms with Crippen LogP contribution < -0.4 is 0 Å². The van der Waals surface area contributed by atoms with Gasteiger partial charge in [0.2, 0.25) is 0 Å². The van der Waals surface area contributed by atoms with Crippen LogP contribution in [0.15, 0.2) is 0 Å². The molecule has 3 saturated heterocycles. The molecule has 0 radical (unpaired) electrons. The first kappa shape index (κ1) is 31.8. The lowest BCUT2D eigenvalue weighted by Gasteiger charge is -2.47. The first-order valence-corrected chi connectivity index (χ1v) is 13.8. The number of carbonyl (C=O) groups excluding carboxylic acids is 1. The van der Waals surface area contributed by atoms with E-state index in [1.165, 1.54) is 6.92 Å². The Labute approximate surface area is 224 Å². The average molecular weight is 551 g/mol. The Morgan fingerprint density at radius 3 is 2.26 bits per heavy atom. The standard InChI is InChI=1S/C26H46O12/c1-5-7-9-17(15(6-2)36-25-22(32)21(31)19(29)14(4)34-25)37-26-24-23(20(30)18(12-27)38-26)35-16(13(3)28)10-8-11-33-24/h14-27,29-32H,5-12H2,1-4H3/t14?,15-,16-,17-,18?,19-,20+,21?,22+,23?,24?,25+,26-/m1/s1. The summed E-state index contributed by atoms with van der Waals surface area (Å²) in [4.78, 5) is 12.1. The molecule has 0 bridgehead atoms. The Morgan fingerprint density at radius 1 is 0.921 bits per heavy atom. The molecule has 5 N–H and O–H groups in total. The normalized spacial score (nSPS) is 42.0. The van der Waals surface area contributed by atoms with Crippen molar-refractivity contribution in [3.8, 4) is 0 Å². The fourth-order valence-corrected chi connectivity index (χ4v) is 5.19. The van der Waals surface area contributed by atoms with Crippen LogP contribution in [0.3, 0.4) is 0 Å². The molecule has 0 aromatic rings. The van der Waals surface area contributed by atoms with Crippen LogP contribution in [-0.2, 0) is 33.2 Å². The molecule has 13 atom stereocenters. The van der Waals surface area contributed by atoms with Crippen LogP contribution in [0.25, 0.3) is 0 Å². The minimum absolute atomic E-state index is 0.157. The monoisotopic (exact) mass is 550 g/mol. The lowest BCUT2D eigenvalue weighted by molar-refractivity contribution is -0.349. The summed E-state index contributed by atoms with van der Waals surface area (Å²) in [5, 5.41) is 51.5. The minimum atomic E-state index is -1.46. The third-order valence-corrected chi connectivity index (χ3v) is 7.58. The number of aliphatic hydroxyl groups is 5. The molecule has 5 unspecified atom stereocenters. The van der Waals surface area contributed by atoms with Gasteiger partial charge in [-0.05, 0) is 39.5 Å². The molecule has 0 aliphatic carbocycles. The van der Waals surface area contributed by atoms with E-state index in [1.54, 1.807) is 6.92 Å². The zero-order valence-corrected chi connectivity index (χ0v) is 22.8. The van der Waals surface area contributed by atoms with Crippen LogP contribution in [-0.4, -0.2) is 124 Å². The number of aliphatic hydroxyl groups excluding tert-OH is 5. The number of rotatable bonds is 11. The Kier molecular flexibility index (Phi) is 12.3. The van der Waals surface area contributed by atoms with Crippen LogP contribution in [0.2, 0.25) is 0 Å². The van der Waals surface area contributed by atoms with Gasteiger partial charge < -0.3 is 54.0 Å². The Hall–Kier alpha value is -0.770. The lowest BCUT2D eigenvalue weighted by Crippen LogP contribution is -2.63. The number of fused-ring (bicyclic) bond motifs is 1. The van der Waals surface area contributed by atoms with Gasteiger partial charge in [0.1, 0.15) is 48.8 Å². The summed E-state index contributed by atoms with van der Waals surface area (Å²) in [5.74, 6) is -0.157. The van der Waals surface area contributed by atoms with Gasteiger partial charge in [-0.15, -0.1) is 0 Å². The van der Waals surface area contributed by atoms with Crippen molar-refractivity contribution in [3.63, 3.8) is 0 Å². The molecule has 3 rings (SSSR count). The summed E-state index contributed by atoms with van der Waals surface area (Å²) in [6.07, 6.45) is -9.42. The third-order valence-electron chi connectivity index (χ3n) is 7.58. The summed E-state index contributed by atoms with van der Waals surface area (Å²) in [7, 11) is 0. The highest BCUT2D eigenvalue weighted by atomic mass is 16.7. The van der Waals surface area contributed by atoms with E-state index in [9.17, 15) is 30.3 Å². The quantitative estimate of drug-likeness (QED) is 0.229. The van der Waals surface area contributed by atoms with Crippen molar-refractivity contribution in [2.24, 2.45) is 0 Å². The van der Waals surface area contributed by atoms with Crippen molar-refractivity contribution < 1.29 is 58.7 Å². The van der Waals surface area contributed by atoms with Crippen LogP contribution >= 0.6 is 0 Å². The maximum atomic E-state index is 12.1. The minimum Gasteiger partial charge on any atom is -0.394 e. The Balaban J connectivity index is 1.82. The van der Waals surface area contributed by atoms with Gasteiger partial charge in [0.25, 0.3) is 0 Å². The second kappa shape index (κ2) is 14.7. The number of carbonyl (C=O) groups is 1. The number of unbranched alkanes of at least 4 members (excludes halogenated alkanes) is 1. The number of Topliss-reactive ketones (excluding diaryl/α,β-unsaturated/α-hetero) is 1. The topological polar surface area (TPSA) is 174 Å². The molecule has 0 amide bonds. The molecule has 3 fully saturated rings. The van der Waals surface area contributed by atoms with Crippen molar-refractivity contribution >= 4 is 5.78 Å². The van der Waals surface area contributed by atoms with E-state index in [-0.39, 0.29) is 5.78 Å². The molecular weight excluding hydrogens is 504 g/mol. The maximum absolute atomic E-state index is 12.1. The predicted octanol–water partition coefficient (Wildman–Crippen LogP) is -0.216. The summed E-state index contributed by atoms with van der Waals surface area (Å²) < 4.78 is 36.2. The van der Waals surface area contributed by atoms with Gasteiger partial charge in [-0.1, -0.05) is 26.7 Å². The van der Waals surface area contributed by atoms with E-state index in [1.807, 2.05) is 13.8 Å². The Bertz CT molecular complexity index is 724. The fraction of sp³-hybridized carbons (Fsp3) is 0.962. The summed E-state index contributed by atoms with van der Waals surface area (Å²) >= 11 is 0. The van der Waals surface area contributed by atoms with Crippen molar-refractivity contribution in [1.82, 2.24) is 0 Å². The maximum Gasteiger partial charge on any atom is 0.187 e. The lowest BCUT2D eigenvalue weighted by atomic mass is 9.96. The van der Waals surface area contributed by atoms with E-state index in [0.29, 0.717) is 32.3 Å². The van der Waals surface area contributed by atoms with Gasteiger partial charge in [-0.25, -0.2) is 0 Å². The average Bonchev–Trinajstić information content (AvgIpc) is 2.88. The van der Waals surface area contributed by atoms with Crippen molar-refractivity contribution in [1.29, 1.82) is 0 Å². The van der Waals surface area contributed by atoms with Gasteiger partial charge >= 0.3 is 0 Å². The van der Waals surface area contributed by atoms with Crippen molar-refractivity contribution in [2.75, 3.05) is 13.2 Å². The largest absolute Gasteiger partial charge is 0.394 e. The van der Waals surface area contributed by atoms with Gasteiger partial charge in [-0.3, -0.25) is 4.79 Å². The number of ether oxygens (including phenoxy) is 6. The summed E-state index contributed by atoms with van der Waals surface area (Å²) in [6, 6.07) is 0. The van der Waals surface area contributed by atoms with Gasteiger partial charge in [-0.2, -0.15) is 0 Å². The van der Waals surface area contributed by atoms with E-state index >= 15 is 0 Å². The highest BCUT2D eigenvalue weighted by molar-refractivity contribution is 5.80. The zero-order valence-electron chi connectivity index (χ0n) is 22.8. The summed E-state index contributed by atoms with van der Waals surface area (Å²) in [6.45, 7) is 6.75. The molecular formula is C26H46O12. The summed E-state index contributed by atoms with van der Waals surface area (Å²) in [5.41, 5.74) is 0. The second-order valence-electron chi connectivity index (χ2n) is 10.5. The number of ketones is 1. The highest BCUT2D eigenvalue weighted by Crippen LogP contribution is 2.33. The number of hydrogen-bond acceptors (Lipinski definition) is 12. The van der Waals surface area contributed by atoms with E-state index < -0.39 is 86.3 Å². The molecule has 3 aliphatic rings. The Morgan fingerprint density at radius 2 is 1.63 bits per heavy atom. The molecule has 222 valence electrons. The smallest absolute Gasteiger partial charge is 0.187 e. The second-order valence-corrected chi connectivity index (χ2v) is 10.5. The fourth-order valence-electron chi connectivity index (χ4n) is 5.19. The molecule has 38 heavy (non-hydrogen) atoms. The van der Waals surface area contributed by atoms with E-state index in [2.05, 4.69) is 0 Å². The highest BCUT2D eigenvalue weighted by Gasteiger charge is 2.50. The zero-order chi connectivity index (χ0) is 28.0. The number of hydrogen-bond donors (Lipinski definition) is 5. The van der Waals surface area contributed by atoms with Gasteiger partial charge in [0.05, 0.1) is 24.9 Å². The molecule has 0 aromatic heterocycles. The van der Waals surface area contributed by atoms with Gasteiger partial charge in [0, 0.05) is 6.61 Å². The third kappa shape index (κ3) is 7.49. The molecule has 0 saturated carbocycles. The van der Waals surface area contributed by atoms with Crippen molar-refractivity contribution in [2.45, 2.75) is 146 Å². The predicted molar refractivity (Wildman–Crippen MR) is 132 cm³/mol. The van der Waals surface area contributed by atoms with Crippen LogP contribution in [0, 0.1) is 0 Å². The molecule has 0 spiro atoms. The van der Waals surface area contributed by atoms with E-state index in [4.69, 9.17) is 28.4 Å². The van der Waals surface area contributed by atoms with Crippen LogP contribution in [0.1, 0.15) is 66.2 Å². The molecule has 12 heteroatoms. The van der Waals surface area contributed by atoms with Crippen LogP contribution in [0.5, 0.6) is 0 Å². The molecule has 3 heterocycles. The van der Waals surface area contributed by atoms with Crippen LogP contribution in [0.4, 0.5) is 0 Å². The first-order chi connectivity index (χ1) is 18.1. The molecule has 0 aromatic carbocycles. The van der Waals surface area contributed by atoms with Gasteiger partial charge in [0.15, 0.2) is 18.4 Å².